The minimum absolute atomic E-state index is 0.527. The van der Waals surface area contributed by atoms with E-state index in [0.717, 1.165) is 13.0 Å². The summed E-state index contributed by atoms with van der Waals surface area (Å²) in [5.41, 5.74) is 0. The van der Waals surface area contributed by atoms with Gasteiger partial charge in [-0.2, -0.15) is 0 Å². The maximum absolute atomic E-state index is 12.4. The van der Waals surface area contributed by atoms with Crippen LogP contribution in [-0.2, 0) is 0 Å². The Kier molecular flexibility index (Phi) is 1.84. The van der Waals surface area contributed by atoms with Crippen LogP contribution in [0.2, 0.25) is 0 Å². The third-order valence-corrected chi connectivity index (χ3v) is 1.52. The number of hydrogen-bond donors (Lipinski definition) is 1. The van der Waals surface area contributed by atoms with Gasteiger partial charge in [0, 0.05) is 6.54 Å². The van der Waals surface area contributed by atoms with E-state index in [1.807, 2.05) is 0 Å². The zero-order valence-corrected chi connectivity index (χ0v) is 5.15. The third-order valence-electron chi connectivity index (χ3n) is 1.52. The fourth-order valence-corrected chi connectivity index (χ4v) is 1.09. The summed E-state index contributed by atoms with van der Waals surface area (Å²) in [6, 6.07) is 0. The lowest BCUT2D eigenvalue weighted by Crippen LogP contribution is -2.35. The molecule has 1 aliphatic heterocycles. The van der Waals surface area contributed by atoms with Gasteiger partial charge in [-0.1, -0.05) is 6.92 Å². The largest absolute Gasteiger partial charge is 0.314 e. The molecule has 1 rings (SSSR count). The highest BCUT2D eigenvalue weighted by Gasteiger charge is 2.16. The summed E-state index contributed by atoms with van der Waals surface area (Å²) in [6.07, 6.45) is 0.145. The van der Waals surface area contributed by atoms with Crippen LogP contribution in [0.5, 0.6) is 0 Å². The Morgan fingerprint density at radius 2 is 2.25 bits per heavy atom. The molecule has 0 radical (unpaired) electrons. The van der Waals surface area contributed by atoms with Gasteiger partial charge in [0.25, 0.3) is 0 Å². The second-order valence-electron chi connectivity index (χ2n) is 2.60. The lowest BCUT2D eigenvalue weighted by Gasteiger charge is -2.21. The first-order chi connectivity index (χ1) is 3.79. The van der Waals surface area contributed by atoms with Crippen LogP contribution in [-0.4, -0.2) is 19.3 Å². The summed E-state index contributed by atoms with van der Waals surface area (Å²) in [5.74, 6) is 0.527. The molecular formula is C6H12FN. The summed E-state index contributed by atoms with van der Waals surface area (Å²) in [7, 11) is 0. The molecule has 1 nitrogen and oxygen atoms in total. The van der Waals surface area contributed by atoms with Gasteiger partial charge in [-0.25, -0.2) is 4.39 Å². The summed E-state index contributed by atoms with van der Waals surface area (Å²) in [6.45, 7) is 3.61. The Labute approximate surface area is 49.3 Å². The van der Waals surface area contributed by atoms with Gasteiger partial charge in [-0.3, -0.25) is 0 Å². The molecule has 1 aliphatic rings. The van der Waals surface area contributed by atoms with Crippen molar-refractivity contribution in [1.82, 2.24) is 5.32 Å². The first kappa shape index (κ1) is 6.02. The van der Waals surface area contributed by atoms with Gasteiger partial charge in [-0.15, -0.1) is 0 Å². The Morgan fingerprint density at radius 3 is 2.62 bits per heavy atom. The van der Waals surface area contributed by atoms with Crippen molar-refractivity contribution in [3.05, 3.63) is 0 Å². The predicted molar refractivity (Wildman–Crippen MR) is 31.5 cm³/mol. The Morgan fingerprint density at radius 1 is 1.50 bits per heavy atom. The molecule has 2 heteroatoms. The van der Waals surface area contributed by atoms with E-state index < -0.39 is 6.17 Å². The molecule has 0 amide bonds. The Bertz CT molecular complexity index is 66.9. The molecule has 0 aromatic heterocycles. The topological polar surface area (TPSA) is 12.0 Å². The van der Waals surface area contributed by atoms with Crippen LogP contribution in [0.4, 0.5) is 4.39 Å². The van der Waals surface area contributed by atoms with Gasteiger partial charge in [-0.05, 0) is 18.9 Å². The standard InChI is InChI=1S/C6H12FN/c1-5-2-6(7)4-8-3-5/h5-6,8H,2-4H2,1H3/t5?,6-/m0/s1. The van der Waals surface area contributed by atoms with Crippen molar-refractivity contribution in [3.63, 3.8) is 0 Å². The molecule has 0 bridgehead atoms. The highest BCUT2D eigenvalue weighted by Crippen LogP contribution is 2.11. The molecule has 0 aromatic carbocycles. The van der Waals surface area contributed by atoms with Crippen LogP contribution in [0.3, 0.4) is 0 Å². The first-order valence-corrected chi connectivity index (χ1v) is 3.14. The average Bonchev–Trinajstić information content (AvgIpc) is 1.64. The molecule has 0 spiro atoms. The van der Waals surface area contributed by atoms with Crippen molar-refractivity contribution in [1.29, 1.82) is 0 Å². The minimum Gasteiger partial charge on any atom is -0.314 e. The van der Waals surface area contributed by atoms with Crippen molar-refractivity contribution in [2.75, 3.05) is 13.1 Å². The monoisotopic (exact) mass is 117 g/mol. The number of hydrogen-bond acceptors (Lipinski definition) is 1. The molecule has 1 N–H and O–H groups in total. The zero-order chi connectivity index (χ0) is 5.98. The summed E-state index contributed by atoms with van der Waals surface area (Å²) >= 11 is 0. The lowest BCUT2D eigenvalue weighted by molar-refractivity contribution is 0.224. The predicted octanol–water partition coefficient (Wildman–Crippen LogP) is 0.954. The number of nitrogens with one attached hydrogen (secondary N) is 1. The van der Waals surface area contributed by atoms with Crippen molar-refractivity contribution < 1.29 is 4.39 Å². The van der Waals surface area contributed by atoms with Crippen molar-refractivity contribution >= 4 is 0 Å². The Hall–Kier alpha value is -0.110. The van der Waals surface area contributed by atoms with E-state index in [0.29, 0.717) is 12.5 Å². The third kappa shape index (κ3) is 1.44. The van der Waals surface area contributed by atoms with E-state index in [2.05, 4.69) is 12.2 Å². The highest BCUT2D eigenvalue weighted by atomic mass is 19.1. The van der Waals surface area contributed by atoms with Gasteiger partial charge in [0.15, 0.2) is 0 Å². The van der Waals surface area contributed by atoms with Crippen LogP contribution in [0.15, 0.2) is 0 Å². The van der Waals surface area contributed by atoms with Gasteiger partial charge >= 0.3 is 0 Å². The molecule has 0 aromatic rings. The fourth-order valence-electron chi connectivity index (χ4n) is 1.09. The second kappa shape index (κ2) is 2.44. The van der Waals surface area contributed by atoms with Crippen molar-refractivity contribution in [2.24, 2.45) is 5.92 Å². The van der Waals surface area contributed by atoms with Gasteiger partial charge in [0.1, 0.15) is 6.17 Å². The Balaban J connectivity index is 2.23. The maximum atomic E-state index is 12.4. The molecule has 1 unspecified atom stereocenters. The zero-order valence-electron chi connectivity index (χ0n) is 5.15. The van der Waals surface area contributed by atoms with E-state index in [4.69, 9.17) is 0 Å². The highest BCUT2D eigenvalue weighted by molar-refractivity contribution is 4.71. The number of piperidine rings is 1. The molecule has 48 valence electrons. The number of rotatable bonds is 0. The van der Waals surface area contributed by atoms with Crippen molar-refractivity contribution in [2.45, 2.75) is 19.5 Å². The first-order valence-electron chi connectivity index (χ1n) is 3.14. The van der Waals surface area contributed by atoms with E-state index in [9.17, 15) is 4.39 Å². The van der Waals surface area contributed by atoms with E-state index in [1.54, 1.807) is 0 Å². The van der Waals surface area contributed by atoms with E-state index >= 15 is 0 Å². The molecule has 0 aliphatic carbocycles. The second-order valence-corrected chi connectivity index (χ2v) is 2.60. The summed E-state index contributed by atoms with van der Waals surface area (Å²) < 4.78 is 12.4. The molecule has 8 heavy (non-hydrogen) atoms. The lowest BCUT2D eigenvalue weighted by atomic mass is 10.0. The van der Waals surface area contributed by atoms with Crippen LogP contribution in [0.1, 0.15) is 13.3 Å². The van der Waals surface area contributed by atoms with Crippen LogP contribution in [0.25, 0.3) is 0 Å². The summed E-state index contributed by atoms with van der Waals surface area (Å²) in [4.78, 5) is 0. The van der Waals surface area contributed by atoms with E-state index in [-0.39, 0.29) is 0 Å². The van der Waals surface area contributed by atoms with Gasteiger partial charge in [0.05, 0.1) is 0 Å². The van der Waals surface area contributed by atoms with Crippen LogP contribution >= 0.6 is 0 Å². The SMILES string of the molecule is CC1CNC[C@@H](F)C1. The molecule has 0 saturated carbocycles. The quantitative estimate of drug-likeness (QED) is 0.498. The van der Waals surface area contributed by atoms with Crippen molar-refractivity contribution in [3.8, 4) is 0 Å². The molecule has 1 fully saturated rings. The van der Waals surface area contributed by atoms with Crippen LogP contribution < -0.4 is 5.32 Å². The van der Waals surface area contributed by atoms with Crippen LogP contribution in [0, 0.1) is 5.92 Å². The molecule has 1 heterocycles. The van der Waals surface area contributed by atoms with Gasteiger partial charge in [0.2, 0.25) is 0 Å². The summed E-state index contributed by atoms with van der Waals surface area (Å²) in [5, 5.41) is 3.01. The molecular weight excluding hydrogens is 105 g/mol. The fraction of sp³-hybridized carbons (Fsp3) is 1.00. The molecule has 1 saturated heterocycles. The van der Waals surface area contributed by atoms with E-state index in [1.165, 1.54) is 0 Å². The maximum Gasteiger partial charge on any atom is 0.113 e. The van der Waals surface area contributed by atoms with Gasteiger partial charge < -0.3 is 5.32 Å². The smallest absolute Gasteiger partial charge is 0.113 e. The number of halogens is 1. The number of alkyl halides is 1. The normalized spacial score (nSPS) is 39.8. The molecule has 2 atom stereocenters. The average molecular weight is 117 g/mol. The minimum atomic E-state index is -0.598.